The molecule has 0 bridgehead atoms. The molecule has 1 saturated heterocycles. The van der Waals surface area contributed by atoms with Gasteiger partial charge in [-0.3, -0.25) is 19.2 Å². The molecule has 0 aliphatic carbocycles. The molecule has 0 radical (unpaired) electrons. The summed E-state index contributed by atoms with van der Waals surface area (Å²) in [5, 5.41) is 1.80. The molecule has 7 nitrogen and oxygen atoms in total. The number of hydrogen-bond acceptors (Lipinski definition) is 7. The van der Waals surface area contributed by atoms with Crippen LogP contribution in [0.4, 0.5) is 0 Å². The Labute approximate surface area is 149 Å². The zero-order valence-electron chi connectivity index (χ0n) is 14.1. The largest absolute Gasteiger partial charge is 0.469 e. The number of carbonyl (C=O) groups is 4. The first-order valence-corrected chi connectivity index (χ1v) is 8.97. The van der Waals surface area contributed by atoms with Gasteiger partial charge in [0.2, 0.25) is 0 Å². The quantitative estimate of drug-likeness (QED) is 0.538. The van der Waals surface area contributed by atoms with E-state index in [0.717, 1.165) is 0 Å². The molecule has 2 heterocycles. The van der Waals surface area contributed by atoms with Crippen molar-refractivity contribution in [3.63, 3.8) is 0 Å². The third kappa shape index (κ3) is 5.67. The van der Waals surface area contributed by atoms with E-state index < -0.39 is 5.97 Å². The first-order valence-electron chi connectivity index (χ1n) is 8.09. The third-order valence-corrected chi connectivity index (χ3v) is 5.00. The molecule has 25 heavy (non-hydrogen) atoms. The molecule has 1 amide bonds. The van der Waals surface area contributed by atoms with E-state index in [2.05, 4.69) is 0 Å². The van der Waals surface area contributed by atoms with Gasteiger partial charge >= 0.3 is 11.9 Å². The number of carbonyl (C=O) groups excluding carboxylic acids is 4. The van der Waals surface area contributed by atoms with Gasteiger partial charge in [-0.1, -0.05) is 6.07 Å². The van der Waals surface area contributed by atoms with Gasteiger partial charge in [-0.25, -0.2) is 0 Å². The summed E-state index contributed by atoms with van der Waals surface area (Å²) in [7, 11) is 1.35. The van der Waals surface area contributed by atoms with Gasteiger partial charge in [0.25, 0.3) is 5.91 Å². The summed E-state index contributed by atoms with van der Waals surface area (Å²) in [5.41, 5.74) is 0. The number of esters is 2. The van der Waals surface area contributed by atoms with E-state index in [9.17, 15) is 19.2 Å². The van der Waals surface area contributed by atoms with Crippen molar-refractivity contribution in [2.24, 2.45) is 5.92 Å². The zero-order chi connectivity index (χ0) is 18.2. The van der Waals surface area contributed by atoms with E-state index in [4.69, 9.17) is 9.47 Å². The molecule has 0 spiro atoms. The molecule has 0 aromatic carbocycles. The lowest BCUT2D eigenvalue weighted by Gasteiger charge is -2.30. The summed E-state index contributed by atoms with van der Waals surface area (Å²) in [4.78, 5) is 49.1. The summed E-state index contributed by atoms with van der Waals surface area (Å²) < 4.78 is 9.65. The minimum Gasteiger partial charge on any atom is -0.469 e. The van der Waals surface area contributed by atoms with Crippen LogP contribution in [-0.2, 0) is 23.9 Å². The molecule has 0 N–H and O–H groups in total. The number of rotatable bonds is 7. The smallest absolute Gasteiger partial charge is 0.308 e. The second-order valence-electron chi connectivity index (χ2n) is 5.74. The number of piperidine rings is 1. The van der Waals surface area contributed by atoms with Crippen LogP contribution in [0.5, 0.6) is 0 Å². The van der Waals surface area contributed by atoms with E-state index in [-0.39, 0.29) is 43.0 Å². The molecule has 0 atom stereocenters. The predicted octanol–water partition coefficient (Wildman–Crippen LogP) is 1.67. The molecule has 1 fully saturated rings. The van der Waals surface area contributed by atoms with Gasteiger partial charge in [-0.05, 0) is 24.3 Å². The minimum absolute atomic E-state index is 0.0472. The summed E-state index contributed by atoms with van der Waals surface area (Å²) in [6.45, 7) is 0.537. The minimum atomic E-state index is -0.567. The number of methoxy groups -OCH3 is 1. The van der Waals surface area contributed by atoms with Gasteiger partial charge in [0, 0.05) is 19.5 Å². The fourth-order valence-electron chi connectivity index (χ4n) is 2.61. The Morgan fingerprint density at radius 3 is 2.52 bits per heavy atom. The Morgan fingerprint density at radius 2 is 1.92 bits per heavy atom. The molecular weight excluding hydrogens is 346 g/mol. The average Bonchev–Trinajstić information content (AvgIpc) is 3.18. The van der Waals surface area contributed by atoms with Crippen LogP contribution < -0.4 is 0 Å². The SMILES string of the molecule is COC(=O)C1CCN(C(=O)COC(=O)CCC(=O)c2cccs2)CC1. The third-order valence-electron chi connectivity index (χ3n) is 4.09. The van der Waals surface area contributed by atoms with Crippen molar-refractivity contribution in [1.29, 1.82) is 0 Å². The van der Waals surface area contributed by atoms with Crippen molar-refractivity contribution in [1.82, 2.24) is 4.90 Å². The predicted molar refractivity (Wildman–Crippen MR) is 90.2 cm³/mol. The van der Waals surface area contributed by atoms with Crippen molar-refractivity contribution < 1.29 is 28.7 Å². The number of nitrogens with zero attached hydrogens (tertiary/aromatic N) is 1. The number of thiophene rings is 1. The topological polar surface area (TPSA) is 90.0 Å². The lowest BCUT2D eigenvalue weighted by molar-refractivity contribution is -0.154. The van der Waals surface area contributed by atoms with Crippen LogP contribution in [0.3, 0.4) is 0 Å². The van der Waals surface area contributed by atoms with Gasteiger partial charge in [0.1, 0.15) is 0 Å². The molecule has 136 valence electrons. The van der Waals surface area contributed by atoms with Gasteiger partial charge < -0.3 is 14.4 Å². The highest BCUT2D eigenvalue weighted by Crippen LogP contribution is 2.18. The fraction of sp³-hybridized carbons (Fsp3) is 0.529. The Balaban J connectivity index is 1.65. The summed E-state index contributed by atoms with van der Waals surface area (Å²) >= 11 is 1.33. The maximum absolute atomic E-state index is 12.0. The number of ketones is 1. The van der Waals surface area contributed by atoms with E-state index in [1.165, 1.54) is 18.4 Å². The van der Waals surface area contributed by atoms with Crippen LogP contribution >= 0.6 is 11.3 Å². The summed E-state index contributed by atoms with van der Waals surface area (Å²) in [5.74, 6) is -1.40. The van der Waals surface area contributed by atoms with Crippen LogP contribution in [0.2, 0.25) is 0 Å². The fourth-order valence-corrected chi connectivity index (χ4v) is 3.31. The molecule has 8 heteroatoms. The lowest BCUT2D eigenvalue weighted by Crippen LogP contribution is -2.42. The van der Waals surface area contributed by atoms with Crippen molar-refractivity contribution in [3.05, 3.63) is 22.4 Å². The molecule has 1 aromatic rings. The van der Waals surface area contributed by atoms with Crippen LogP contribution in [0.1, 0.15) is 35.4 Å². The second kappa shape index (κ2) is 9.31. The van der Waals surface area contributed by atoms with Gasteiger partial charge in [-0.15, -0.1) is 11.3 Å². The van der Waals surface area contributed by atoms with E-state index >= 15 is 0 Å². The zero-order valence-corrected chi connectivity index (χ0v) is 14.9. The monoisotopic (exact) mass is 367 g/mol. The Hall–Kier alpha value is -2.22. The van der Waals surface area contributed by atoms with Gasteiger partial charge in [-0.2, -0.15) is 0 Å². The van der Waals surface area contributed by atoms with Crippen molar-refractivity contribution in [3.8, 4) is 0 Å². The highest BCUT2D eigenvalue weighted by molar-refractivity contribution is 7.12. The molecule has 0 unspecified atom stereocenters. The number of amides is 1. The van der Waals surface area contributed by atoms with Crippen LogP contribution in [0, 0.1) is 5.92 Å². The Morgan fingerprint density at radius 1 is 1.20 bits per heavy atom. The maximum Gasteiger partial charge on any atom is 0.308 e. The number of Topliss-reactive ketones (excluding diaryl/α,β-unsaturated/α-hetero) is 1. The Bertz CT molecular complexity index is 619. The normalized spacial score (nSPS) is 14.8. The van der Waals surface area contributed by atoms with E-state index in [0.29, 0.717) is 30.8 Å². The lowest BCUT2D eigenvalue weighted by atomic mass is 9.97. The van der Waals surface area contributed by atoms with Crippen molar-refractivity contribution >= 4 is 35.0 Å². The van der Waals surface area contributed by atoms with Gasteiger partial charge in [0.05, 0.1) is 24.3 Å². The van der Waals surface area contributed by atoms with E-state index in [1.54, 1.807) is 22.4 Å². The number of hydrogen-bond donors (Lipinski definition) is 0. The maximum atomic E-state index is 12.0. The molecule has 1 aromatic heterocycles. The van der Waals surface area contributed by atoms with Crippen molar-refractivity contribution in [2.45, 2.75) is 25.7 Å². The second-order valence-corrected chi connectivity index (χ2v) is 6.69. The van der Waals surface area contributed by atoms with Crippen LogP contribution in [0.15, 0.2) is 17.5 Å². The van der Waals surface area contributed by atoms with Crippen LogP contribution in [0.25, 0.3) is 0 Å². The summed E-state index contributed by atoms with van der Waals surface area (Å²) in [6.07, 6.45) is 1.11. The van der Waals surface area contributed by atoms with Crippen LogP contribution in [-0.4, -0.2) is 55.3 Å². The highest BCUT2D eigenvalue weighted by atomic mass is 32.1. The number of likely N-dealkylation sites (tertiary alicyclic amines) is 1. The average molecular weight is 367 g/mol. The first-order chi connectivity index (χ1) is 12.0. The Kier molecular flexibility index (Phi) is 7.12. The molecule has 1 aliphatic rings. The molecular formula is C17H21NO6S. The molecule has 1 aliphatic heterocycles. The highest BCUT2D eigenvalue weighted by Gasteiger charge is 2.28. The van der Waals surface area contributed by atoms with Gasteiger partial charge in [0.15, 0.2) is 12.4 Å². The summed E-state index contributed by atoms with van der Waals surface area (Å²) in [6, 6.07) is 3.48. The van der Waals surface area contributed by atoms with Crippen molar-refractivity contribution in [2.75, 3.05) is 26.8 Å². The molecule has 2 rings (SSSR count). The molecule has 0 saturated carbocycles. The number of ether oxygens (including phenoxy) is 2. The van der Waals surface area contributed by atoms with E-state index in [1.807, 2.05) is 0 Å². The first kappa shape index (κ1) is 19.1. The standard InChI is InChI=1S/C17H21NO6S/c1-23-17(22)12-6-8-18(9-7-12)15(20)11-24-16(21)5-4-13(19)14-3-2-10-25-14/h2-3,10,12H,4-9,11H2,1H3.